The lowest BCUT2D eigenvalue weighted by molar-refractivity contribution is 0.157. The van der Waals surface area contributed by atoms with Crippen molar-refractivity contribution in [3.05, 3.63) is 12.2 Å². The van der Waals surface area contributed by atoms with Crippen LogP contribution in [-0.4, -0.2) is 36.6 Å². The fourth-order valence-electron chi connectivity index (χ4n) is 4.55. The summed E-state index contributed by atoms with van der Waals surface area (Å²) >= 11 is 0. The first-order chi connectivity index (χ1) is 13.6. The standard InChI is InChI=1S/C25H51N3/c1-3-4-5-6-7-8-9-10-11-12-13-14-15-16-17-18-21-28(2)25-20-19-23(26)22-24(25)27/h10-11,23-25H,3-9,12-22,26-27H2,1-2H3/b11-10-. The van der Waals surface area contributed by atoms with Crippen molar-refractivity contribution in [3.63, 3.8) is 0 Å². The summed E-state index contributed by atoms with van der Waals surface area (Å²) in [5.74, 6) is 0. The minimum Gasteiger partial charge on any atom is -0.328 e. The third kappa shape index (κ3) is 13.0. The van der Waals surface area contributed by atoms with Gasteiger partial charge in [-0.1, -0.05) is 76.9 Å². The number of likely N-dealkylation sites (N-methyl/N-ethyl adjacent to an activating group) is 1. The molecular formula is C25H51N3. The number of nitrogens with two attached hydrogens (primary N) is 2. The predicted octanol–water partition coefficient (Wildman–Crippen LogP) is 6.16. The number of nitrogens with zero attached hydrogens (tertiary/aromatic N) is 1. The van der Waals surface area contributed by atoms with Crippen molar-refractivity contribution in [2.75, 3.05) is 13.6 Å². The Bertz CT molecular complexity index is 369. The van der Waals surface area contributed by atoms with Gasteiger partial charge in [-0.25, -0.2) is 0 Å². The summed E-state index contributed by atoms with van der Waals surface area (Å²) in [7, 11) is 2.25. The van der Waals surface area contributed by atoms with E-state index in [9.17, 15) is 0 Å². The van der Waals surface area contributed by atoms with Gasteiger partial charge in [0.15, 0.2) is 0 Å². The zero-order valence-corrected chi connectivity index (χ0v) is 19.2. The average Bonchev–Trinajstić information content (AvgIpc) is 2.67. The van der Waals surface area contributed by atoms with E-state index in [2.05, 4.69) is 31.0 Å². The predicted molar refractivity (Wildman–Crippen MR) is 126 cm³/mol. The monoisotopic (exact) mass is 393 g/mol. The lowest BCUT2D eigenvalue weighted by atomic mass is 9.87. The van der Waals surface area contributed by atoms with Crippen LogP contribution >= 0.6 is 0 Å². The summed E-state index contributed by atoms with van der Waals surface area (Å²) in [4.78, 5) is 2.49. The summed E-state index contributed by atoms with van der Waals surface area (Å²) in [5.41, 5.74) is 12.3. The molecule has 0 aromatic carbocycles. The highest BCUT2D eigenvalue weighted by Gasteiger charge is 2.28. The quantitative estimate of drug-likeness (QED) is 0.230. The molecule has 0 amide bonds. The van der Waals surface area contributed by atoms with Crippen LogP contribution in [0.3, 0.4) is 0 Å². The van der Waals surface area contributed by atoms with Gasteiger partial charge in [-0.3, -0.25) is 0 Å². The summed E-state index contributed by atoms with van der Waals surface area (Å²) in [6.45, 7) is 3.47. The summed E-state index contributed by atoms with van der Waals surface area (Å²) in [5, 5.41) is 0. The van der Waals surface area contributed by atoms with Crippen LogP contribution in [0.2, 0.25) is 0 Å². The fraction of sp³-hybridized carbons (Fsp3) is 0.920. The van der Waals surface area contributed by atoms with Crippen LogP contribution in [0.1, 0.15) is 116 Å². The minimum absolute atomic E-state index is 0.267. The molecule has 0 aromatic rings. The maximum atomic E-state index is 6.30. The van der Waals surface area contributed by atoms with Gasteiger partial charge in [-0.2, -0.15) is 0 Å². The summed E-state index contributed by atoms with van der Waals surface area (Å²) in [6, 6.07) is 1.14. The molecule has 4 N–H and O–H groups in total. The van der Waals surface area contributed by atoms with Gasteiger partial charge in [0.2, 0.25) is 0 Å². The van der Waals surface area contributed by atoms with E-state index < -0.39 is 0 Å². The third-order valence-corrected chi connectivity index (χ3v) is 6.49. The molecule has 3 unspecified atom stereocenters. The SMILES string of the molecule is CCCCCCCC/C=C\CCCCCCCCN(C)C1CCC(N)CC1N. The van der Waals surface area contributed by atoms with Crippen LogP contribution in [-0.2, 0) is 0 Å². The summed E-state index contributed by atoms with van der Waals surface area (Å²) < 4.78 is 0. The smallest absolute Gasteiger partial charge is 0.0245 e. The molecule has 0 aromatic heterocycles. The largest absolute Gasteiger partial charge is 0.328 e. The van der Waals surface area contributed by atoms with E-state index in [4.69, 9.17) is 11.5 Å². The van der Waals surface area contributed by atoms with Gasteiger partial charge in [0, 0.05) is 18.1 Å². The molecule has 166 valence electrons. The normalized spacial score (nSPS) is 23.1. The Labute approximate surface area is 176 Å². The molecule has 1 rings (SSSR count). The van der Waals surface area contributed by atoms with Gasteiger partial charge in [-0.15, -0.1) is 0 Å². The molecule has 1 fully saturated rings. The van der Waals surface area contributed by atoms with E-state index >= 15 is 0 Å². The lowest BCUT2D eigenvalue weighted by Crippen LogP contribution is -2.52. The Balaban J connectivity index is 1.84. The maximum Gasteiger partial charge on any atom is 0.0245 e. The fourth-order valence-corrected chi connectivity index (χ4v) is 4.55. The van der Waals surface area contributed by atoms with E-state index in [0.717, 1.165) is 12.8 Å². The van der Waals surface area contributed by atoms with Gasteiger partial charge in [0.25, 0.3) is 0 Å². The number of hydrogen-bond donors (Lipinski definition) is 2. The number of allylic oxidation sites excluding steroid dienone is 2. The first kappa shape index (κ1) is 25.7. The van der Waals surface area contributed by atoms with E-state index in [-0.39, 0.29) is 6.04 Å². The molecule has 0 radical (unpaired) electrons. The van der Waals surface area contributed by atoms with Crippen LogP contribution < -0.4 is 11.5 Å². The first-order valence-corrected chi connectivity index (χ1v) is 12.5. The lowest BCUT2D eigenvalue weighted by Gasteiger charge is -2.38. The molecule has 1 aliphatic carbocycles. The summed E-state index contributed by atoms with van der Waals surface area (Å²) in [6.07, 6.45) is 27.3. The van der Waals surface area contributed by atoms with Crippen LogP contribution in [0, 0.1) is 0 Å². The van der Waals surface area contributed by atoms with Crippen molar-refractivity contribution in [3.8, 4) is 0 Å². The molecule has 3 atom stereocenters. The van der Waals surface area contributed by atoms with Crippen molar-refractivity contribution in [1.82, 2.24) is 4.90 Å². The van der Waals surface area contributed by atoms with Gasteiger partial charge in [0.05, 0.1) is 0 Å². The molecule has 1 saturated carbocycles. The highest BCUT2D eigenvalue weighted by Crippen LogP contribution is 2.21. The molecule has 0 heterocycles. The van der Waals surface area contributed by atoms with Crippen molar-refractivity contribution in [2.45, 2.75) is 134 Å². The molecule has 0 spiro atoms. The Hall–Kier alpha value is -0.380. The van der Waals surface area contributed by atoms with Crippen LogP contribution in [0.5, 0.6) is 0 Å². The van der Waals surface area contributed by atoms with Crippen molar-refractivity contribution in [1.29, 1.82) is 0 Å². The van der Waals surface area contributed by atoms with Crippen molar-refractivity contribution in [2.24, 2.45) is 11.5 Å². The Morgan fingerprint density at radius 3 is 1.86 bits per heavy atom. The van der Waals surface area contributed by atoms with Crippen molar-refractivity contribution >= 4 is 0 Å². The van der Waals surface area contributed by atoms with E-state index in [1.807, 2.05) is 0 Å². The molecular weight excluding hydrogens is 342 g/mol. The van der Waals surface area contributed by atoms with Gasteiger partial charge in [-0.05, 0) is 65.0 Å². The molecule has 1 aliphatic rings. The molecule has 3 heteroatoms. The van der Waals surface area contributed by atoms with E-state index in [1.165, 1.54) is 103 Å². The molecule has 3 nitrogen and oxygen atoms in total. The highest BCUT2D eigenvalue weighted by molar-refractivity contribution is 4.89. The Morgan fingerprint density at radius 2 is 1.29 bits per heavy atom. The Morgan fingerprint density at radius 1 is 0.750 bits per heavy atom. The second-order valence-electron chi connectivity index (χ2n) is 9.22. The average molecular weight is 394 g/mol. The Kier molecular flexibility index (Phi) is 16.0. The zero-order valence-electron chi connectivity index (χ0n) is 19.2. The van der Waals surface area contributed by atoms with Gasteiger partial charge >= 0.3 is 0 Å². The first-order valence-electron chi connectivity index (χ1n) is 12.5. The van der Waals surface area contributed by atoms with Crippen molar-refractivity contribution < 1.29 is 0 Å². The molecule has 0 aliphatic heterocycles. The molecule has 28 heavy (non-hydrogen) atoms. The molecule has 0 saturated heterocycles. The minimum atomic E-state index is 0.267. The maximum absolute atomic E-state index is 6.30. The van der Waals surface area contributed by atoms with E-state index in [1.54, 1.807) is 0 Å². The van der Waals surface area contributed by atoms with E-state index in [0.29, 0.717) is 12.1 Å². The number of hydrogen-bond acceptors (Lipinski definition) is 3. The third-order valence-electron chi connectivity index (χ3n) is 6.49. The zero-order chi connectivity index (χ0) is 20.5. The highest BCUT2D eigenvalue weighted by atomic mass is 15.1. The van der Waals surface area contributed by atoms with Gasteiger partial charge in [0.1, 0.15) is 0 Å². The topological polar surface area (TPSA) is 55.3 Å². The van der Waals surface area contributed by atoms with Crippen LogP contribution in [0.4, 0.5) is 0 Å². The second-order valence-corrected chi connectivity index (χ2v) is 9.22. The second kappa shape index (κ2) is 17.5. The number of unbranched alkanes of at least 4 members (excludes halogenated alkanes) is 12. The van der Waals surface area contributed by atoms with Crippen LogP contribution in [0.15, 0.2) is 12.2 Å². The molecule has 0 bridgehead atoms. The van der Waals surface area contributed by atoms with Crippen LogP contribution in [0.25, 0.3) is 0 Å². The number of rotatable bonds is 17. The van der Waals surface area contributed by atoms with Gasteiger partial charge < -0.3 is 16.4 Å².